The molecule has 0 radical (unpaired) electrons. The summed E-state index contributed by atoms with van der Waals surface area (Å²) in [4.78, 5) is 6.70. The maximum atomic E-state index is 4.60. The Bertz CT molecular complexity index is 712. The zero-order valence-corrected chi connectivity index (χ0v) is 14.5. The van der Waals surface area contributed by atoms with Crippen molar-refractivity contribution in [1.82, 2.24) is 4.98 Å². The second-order valence-electron chi connectivity index (χ2n) is 4.84. The van der Waals surface area contributed by atoms with E-state index in [1.54, 1.807) is 11.3 Å². The molecule has 0 N–H and O–H groups in total. The number of fused-ring (bicyclic) bond motifs is 1. The van der Waals surface area contributed by atoms with Crippen LogP contribution in [0.2, 0.25) is 0 Å². The summed E-state index contributed by atoms with van der Waals surface area (Å²) in [5.41, 5.74) is 3.47. The van der Waals surface area contributed by atoms with Gasteiger partial charge < -0.3 is 4.90 Å². The lowest BCUT2D eigenvalue weighted by molar-refractivity contribution is 1.13. The van der Waals surface area contributed by atoms with E-state index in [1.807, 2.05) is 26.2 Å². The van der Waals surface area contributed by atoms with Crippen molar-refractivity contribution in [3.8, 4) is 0 Å². The Hall–Kier alpha value is -1.65. The molecule has 0 aliphatic heterocycles. The fourth-order valence-electron chi connectivity index (χ4n) is 2.01. The van der Waals surface area contributed by atoms with Crippen LogP contribution in [-0.2, 0) is 0 Å². The van der Waals surface area contributed by atoms with Gasteiger partial charge in [0, 0.05) is 19.8 Å². The van der Waals surface area contributed by atoms with E-state index in [0.717, 1.165) is 10.5 Å². The van der Waals surface area contributed by atoms with Gasteiger partial charge >= 0.3 is 0 Å². The first-order valence-electron chi connectivity index (χ1n) is 6.53. The van der Waals surface area contributed by atoms with E-state index in [2.05, 4.69) is 58.4 Å². The third-order valence-electron chi connectivity index (χ3n) is 3.14. The minimum atomic E-state index is 0. The van der Waals surface area contributed by atoms with Crippen LogP contribution in [0.25, 0.3) is 22.4 Å². The van der Waals surface area contributed by atoms with Gasteiger partial charge in [0.05, 0.1) is 10.2 Å². The van der Waals surface area contributed by atoms with Gasteiger partial charge in [-0.15, -0.1) is 28.3 Å². The van der Waals surface area contributed by atoms with E-state index in [-0.39, 0.29) is 17.0 Å². The van der Waals surface area contributed by atoms with Crippen molar-refractivity contribution in [2.45, 2.75) is 0 Å². The molecule has 0 fully saturated rings. The quantitative estimate of drug-likeness (QED) is 0.644. The highest BCUT2D eigenvalue weighted by molar-refractivity contribution is 8.93. The van der Waals surface area contributed by atoms with Crippen LogP contribution in [0.1, 0.15) is 10.6 Å². The van der Waals surface area contributed by atoms with E-state index in [1.165, 1.54) is 16.0 Å². The Labute approximate surface area is 139 Å². The summed E-state index contributed by atoms with van der Waals surface area (Å²) in [6.45, 7) is 0. The minimum Gasteiger partial charge on any atom is -0.378 e. The summed E-state index contributed by atoms with van der Waals surface area (Å²) in [6, 6.07) is 16.7. The topological polar surface area (TPSA) is 16.1 Å². The number of rotatable bonds is 3. The first-order valence-corrected chi connectivity index (χ1v) is 7.35. The van der Waals surface area contributed by atoms with Gasteiger partial charge in [-0.1, -0.05) is 30.3 Å². The number of thiazole rings is 1. The molecular weight excluding hydrogens is 344 g/mol. The van der Waals surface area contributed by atoms with Crippen LogP contribution in [0.4, 0.5) is 5.69 Å². The van der Waals surface area contributed by atoms with Crippen molar-refractivity contribution >= 4 is 56.4 Å². The molecule has 0 unspecified atom stereocenters. The molecule has 2 aromatic carbocycles. The lowest BCUT2D eigenvalue weighted by atomic mass is 10.2. The van der Waals surface area contributed by atoms with Crippen molar-refractivity contribution in [3.05, 3.63) is 59.1 Å². The van der Waals surface area contributed by atoms with Crippen LogP contribution in [0, 0.1) is 0 Å². The van der Waals surface area contributed by atoms with Crippen LogP contribution < -0.4 is 4.90 Å². The summed E-state index contributed by atoms with van der Waals surface area (Å²) >= 11 is 1.72. The summed E-state index contributed by atoms with van der Waals surface area (Å²) in [5, 5.41) is 1.04. The van der Waals surface area contributed by atoms with E-state index < -0.39 is 0 Å². The van der Waals surface area contributed by atoms with Gasteiger partial charge in [0.25, 0.3) is 0 Å². The minimum absolute atomic E-state index is 0. The van der Waals surface area contributed by atoms with Gasteiger partial charge in [-0.25, -0.2) is 4.98 Å². The molecule has 0 spiro atoms. The van der Waals surface area contributed by atoms with Crippen LogP contribution in [0.3, 0.4) is 0 Å². The molecule has 3 rings (SSSR count). The average molecular weight is 361 g/mol. The van der Waals surface area contributed by atoms with Gasteiger partial charge in [0.1, 0.15) is 5.01 Å². The Kier molecular flexibility index (Phi) is 5.15. The summed E-state index contributed by atoms with van der Waals surface area (Å²) in [6.07, 6.45) is 4.19. The number of benzene rings is 2. The largest absolute Gasteiger partial charge is 0.378 e. The summed E-state index contributed by atoms with van der Waals surface area (Å²) < 4.78 is 1.23. The molecule has 3 aromatic rings. The van der Waals surface area contributed by atoms with Gasteiger partial charge in [-0.2, -0.15) is 0 Å². The van der Waals surface area contributed by atoms with Gasteiger partial charge in [-0.3, -0.25) is 0 Å². The van der Waals surface area contributed by atoms with Crippen LogP contribution in [-0.4, -0.2) is 19.1 Å². The molecule has 1 heterocycles. The third kappa shape index (κ3) is 3.71. The lowest BCUT2D eigenvalue weighted by Crippen LogP contribution is -2.07. The van der Waals surface area contributed by atoms with Crippen LogP contribution >= 0.6 is 28.3 Å². The molecule has 0 aliphatic rings. The molecule has 21 heavy (non-hydrogen) atoms. The molecule has 0 saturated carbocycles. The summed E-state index contributed by atoms with van der Waals surface area (Å²) in [7, 11) is 4.10. The highest BCUT2D eigenvalue weighted by Gasteiger charge is 1.99. The molecule has 4 heteroatoms. The molecule has 108 valence electrons. The average Bonchev–Trinajstić information content (AvgIpc) is 2.88. The highest BCUT2D eigenvalue weighted by Crippen LogP contribution is 2.23. The molecule has 0 amide bonds. The van der Waals surface area contributed by atoms with Crippen molar-refractivity contribution in [3.63, 3.8) is 0 Å². The number of hydrogen-bond acceptors (Lipinski definition) is 3. The number of hydrogen-bond donors (Lipinski definition) is 0. The Morgan fingerprint density at radius 1 is 0.952 bits per heavy atom. The predicted molar refractivity (Wildman–Crippen MR) is 99.6 cm³/mol. The molecular formula is C17H17BrN2S. The zero-order chi connectivity index (χ0) is 13.9. The number of aromatic nitrogens is 1. The standard InChI is InChI=1S/C17H16N2S.BrH/c1-19(2)14-10-7-13(8-11-14)9-12-17-18-15-5-3-4-6-16(15)20-17;/h3-12H,1-2H3;1H/b12-9+;. The highest BCUT2D eigenvalue weighted by atomic mass is 79.9. The second kappa shape index (κ2) is 6.87. The van der Waals surface area contributed by atoms with E-state index >= 15 is 0 Å². The smallest absolute Gasteiger partial charge is 0.117 e. The van der Waals surface area contributed by atoms with Crippen molar-refractivity contribution in [2.75, 3.05) is 19.0 Å². The molecule has 1 aromatic heterocycles. The zero-order valence-electron chi connectivity index (χ0n) is 12.0. The van der Waals surface area contributed by atoms with Gasteiger partial charge in [0.15, 0.2) is 0 Å². The molecule has 0 atom stereocenters. The van der Waals surface area contributed by atoms with Crippen LogP contribution in [0.5, 0.6) is 0 Å². The van der Waals surface area contributed by atoms with Crippen molar-refractivity contribution in [1.29, 1.82) is 0 Å². The number of nitrogens with zero attached hydrogens (tertiary/aromatic N) is 2. The molecule has 0 saturated heterocycles. The predicted octanol–water partition coefficient (Wildman–Crippen LogP) is 5.11. The van der Waals surface area contributed by atoms with Crippen molar-refractivity contribution in [2.24, 2.45) is 0 Å². The number of halogens is 1. The fourth-order valence-corrected chi connectivity index (χ4v) is 2.88. The molecule has 0 bridgehead atoms. The maximum absolute atomic E-state index is 4.60. The molecule has 2 nitrogen and oxygen atoms in total. The normalized spacial score (nSPS) is 10.8. The third-order valence-corrected chi connectivity index (χ3v) is 4.14. The lowest BCUT2D eigenvalue weighted by Gasteiger charge is -2.11. The number of para-hydroxylation sites is 1. The van der Waals surface area contributed by atoms with Gasteiger partial charge in [-0.05, 0) is 35.9 Å². The number of anilines is 1. The fraction of sp³-hybridized carbons (Fsp3) is 0.118. The maximum Gasteiger partial charge on any atom is 0.117 e. The van der Waals surface area contributed by atoms with E-state index in [4.69, 9.17) is 0 Å². The Morgan fingerprint density at radius 3 is 2.33 bits per heavy atom. The second-order valence-corrected chi connectivity index (χ2v) is 5.90. The SMILES string of the molecule is Br.CN(C)c1ccc(/C=C/c2nc3ccccc3s2)cc1. The molecule has 0 aliphatic carbocycles. The Balaban J connectivity index is 0.00000161. The Morgan fingerprint density at radius 2 is 1.67 bits per heavy atom. The van der Waals surface area contributed by atoms with Crippen LogP contribution in [0.15, 0.2) is 48.5 Å². The summed E-state index contributed by atoms with van der Waals surface area (Å²) in [5.74, 6) is 0. The monoisotopic (exact) mass is 360 g/mol. The first kappa shape index (κ1) is 15.7. The van der Waals surface area contributed by atoms with Gasteiger partial charge in [0.2, 0.25) is 0 Å². The first-order chi connectivity index (χ1) is 9.72. The van der Waals surface area contributed by atoms with E-state index in [0.29, 0.717) is 0 Å². The van der Waals surface area contributed by atoms with Crippen molar-refractivity contribution < 1.29 is 0 Å². The van der Waals surface area contributed by atoms with E-state index in [9.17, 15) is 0 Å².